The van der Waals surface area contributed by atoms with E-state index in [1.54, 1.807) is 33.2 Å². The second-order valence-electron chi connectivity index (χ2n) is 4.68. The van der Waals surface area contributed by atoms with Crippen molar-refractivity contribution in [2.45, 2.75) is 17.3 Å². The zero-order chi connectivity index (χ0) is 15.6. The van der Waals surface area contributed by atoms with Gasteiger partial charge >= 0.3 is 0 Å². The second-order valence-corrected chi connectivity index (χ2v) is 5.99. The van der Waals surface area contributed by atoms with Crippen LogP contribution in [-0.2, 0) is 4.79 Å². The fourth-order valence-corrected chi connectivity index (χ4v) is 2.67. The van der Waals surface area contributed by atoms with Gasteiger partial charge in [0.2, 0.25) is 11.1 Å². The predicted octanol–water partition coefficient (Wildman–Crippen LogP) is 1.37. The topological polar surface area (TPSA) is 77.0 Å². The molecule has 112 valence electrons. The van der Waals surface area contributed by atoms with Gasteiger partial charge in [-0.1, -0.05) is 23.9 Å². The van der Waals surface area contributed by atoms with Crippen LogP contribution in [0.2, 0.25) is 0 Å². The molecule has 0 aliphatic rings. The monoisotopic (exact) mass is 309 g/mol. The van der Waals surface area contributed by atoms with Crippen LogP contribution < -0.4 is 5.84 Å². The molecule has 2 rings (SSSR count). The van der Waals surface area contributed by atoms with Gasteiger partial charge in [0.05, 0.1) is 5.25 Å². The number of aromatic nitrogens is 3. The molecule has 0 spiro atoms. The highest BCUT2D eigenvalue weighted by atomic mass is 32.2. The molecule has 0 radical (unpaired) electrons. The van der Waals surface area contributed by atoms with Crippen LogP contribution in [0.15, 0.2) is 29.4 Å². The number of nitrogens with two attached hydrogens (primary N) is 1. The summed E-state index contributed by atoms with van der Waals surface area (Å²) in [5.41, 5.74) is 0.531. The number of rotatable bonds is 4. The second kappa shape index (κ2) is 6.13. The molecule has 6 nitrogen and oxygen atoms in total. The number of hydrogen-bond donors (Lipinski definition) is 1. The maximum atomic E-state index is 13.2. The average Bonchev–Trinajstić information content (AvgIpc) is 2.79. The summed E-state index contributed by atoms with van der Waals surface area (Å²) < 4.78 is 14.5. The van der Waals surface area contributed by atoms with Crippen LogP contribution in [0.4, 0.5) is 4.39 Å². The molecule has 0 bridgehead atoms. The maximum absolute atomic E-state index is 13.2. The van der Waals surface area contributed by atoms with Gasteiger partial charge in [0.25, 0.3) is 0 Å². The minimum absolute atomic E-state index is 0.0460. The van der Waals surface area contributed by atoms with Gasteiger partial charge in [-0.05, 0) is 19.1 Å². The summed E-state index contributed by atoms with van der Waals surface area (Å²) in [6, 6.07) is 5.94. The Hall–Kier alpha value is -2.09. The molecule has 0 saturated carbocycles. The Morgan fingerprint density at radius 3 is 2.76 bits per heavy atom. The number of amides is 1. The Bertz CT molecular complexity index is 658. The summed E-state index contributed by atoms with van der Waals surface area (Å²) in [6.07, 6.45) is 0. The summed E-state index contributed by atoms with van der Waals surface area (Å²) in [5, 5.41) is 7.98. The average molecular weight is 309 g/mol. The molecule has 0 aliphatic carbocycles. The number of nitrogens with zero attached hydrogens (tertiary/aromatic N) is 4. The van der Waals surface area contributed by atoms with Gasteiger partial charge in [0, 0.05) is 19.7 Å². The van der Waals surface area contributed by atoms with Crippen molar-refractivity contribution in [1.82, 2.24) is 19.8 Å². The zero-order valence-electron chi connectivity index (χ0n) is 11.9. The van der Waals surface area contributed by atoms with Gasteiger partial charge in [-0.15, -0.1) is 10.2 Å². The molecule has 2 aromatic rings. The van der Waals surface area contributed by atoms with E-state index in [0.29, 0.717) is 16.5 Å². The number of carbonyl (C=O) groups excluding carboxylic acids is 1. The molecule has 0 aliphatic heterocycles. The van der Waals surface area contributed by atoms with E-state index in [1.807, 2.05) is 0 Å². The molecule has 8 heteroatoms. The first-order chi connectivity index (χ1) is 9.90. The van der Waals surface area contributed by atoms with E-state index in [2.05, 4.69) is 10.2 Å². The molecule has 0 fully saturated rings. The van der Waals surface area contributed by atoms with Crippen LogP contribution in [0.3, 0.4) is 0 Å². The summed E-state index contributed by atoms with van der Waals surface area (Å²) in [5.74, 6) is 5.86. The number of carbonyl (C=O) groups is 1. The van der Waals surface area contributed by atoms with Crippen molar-refractivity contribution in [3.05, 3.63) is 30.1 Å². The highest BCUT2D eigenvalue weighted by molar-refractivity contribution is 8.00. The molecule has 1 amide bonds. The quantitative estimate of drug-likeness (QED) is 0.682. The van der Waals surface area contributed by atoms with Gasteiger partial charge < -0.3 is 10.7 Å². The Balaban J connectivity index is 2.23. The number of thioether (sulfide) groups is 1. The van der Waals surface area contributed by atoms with Crippen LogP contribution >= 0.6 is 11.8 Å². The lowest BCUT2D eigenvalue weighted by molar-refractivity contribution is -0.127. The lowest BCUT2D eigenvalue weighted by atomic mass is 10.2. The molecule has 21 heavy (non-hydrogen) atoms. The van der Waals surface area contributed by atoms with Gasteiger partial charge in [-0.3, -0.25) is 4.79 Å². The minimum atomic E-state index is -0.374. The van der Waals surface area contributed by atoms with Gasteiger partial charge in [-0.25, -0.2) is 9.07 Å². The summed E-state index contributed by atoms with van der Waals surface area (Å²) in [4.78, 5) is 13.3. The van der Waals surface area contributed by atoms with E-state index in [1.165, 1.54) is 33.5 Å². The van der Waals surface area contributed by atoms with E-state index < -0.39 is 0 Å². The normalized spacial score (nSPS) is 12.2. The standard InChI is InChI=1S/C13H16FN5OS/c1-8(12(20)18(2)3)21-13-17-16-11(19(13)15)9-5-4-6-10(14)7-9/h4-8H,15H2,1-3H3/t8-/m1/s1. The van der Waals surface area contributed by atoms with Gasteiger partial charge in [0.15, 0.2) is 5.82 Å². The predicted molar refractivity (Wildman–Crippen MR) is 79.6 cm³/mol. The first-order valence-electron chi connectivity index (χ1n) is 6.24. The first-order valence-corrected chi connectivity index (χ1v) is 7.12. The minimum Gasteiger partial charge on any atom is -0.348 e. The van der Waals surface area contributed by atoms with E-state index in [9.17, 15) is 9.18 Å². The lowest BCUT2D eigenvalue weighted by Crippen LogP contribution is -2.30. The van der Waals surface area contributed by atoms with Crippen LogP contribution in [0, 0.1) is 5.82 Å². The number of nitrogen functional groups attached to an aromatic ring is 1. The maximum Gasteiger partial charge on any atom is 0.235 e. The van der Waals surface area contributed by atoms with Crippen molar-refractivity contribution < 1.29 is 9.18 Å². The third-order valence-corrected chi connectivity index (χ3v) is 3.86. The molecular formula is C13H16FN5OS. The summed E-state index contributed by atoms with van der Waals surface area (Å²) >= 11 is 1.21. The van der Waals surface area contributed by atoms with Crippen LogP contribution in [0.25, 0.3) is 11.4 Å². The molecule has 1 aromatic heterocycles. The first kappa shape index (κ1) is 15.3. The molecule has 0 unspecified atom stereocenters. The third-order valence-electron chi connectivity index (χ3n) is 2.82. The van der Waals surface area contributed by atoms with Crippen LogP contribution in [-0.4, -0.2) is 45.0 Å². The van der Waals surface area contributed by atoms with Gasteiger partial charge in [0.1, 0.15) is 5.82 Å². The smallest absolute Gasteiger partial charge is 0.235 e. The van der Waals surface area contributed by atoms with Crippen molar-refractivity contribution in [1.29, 1.82) is 0 Å². The van der Waals surface area contributed by atoms with Crippen molar-refractivity contribution >= 4 is 17.7 Å². The summed E-state index contributed by atoms with van der Waals surface area (Å²) in [7, 11) is 3.37. The Kier molecular flexibility index (Phi) is 4.46. The van der Waals surface area contributed by atoms with E-state index >= 15 is 0 Å². The Morgan fingerprint density at radius 1 is 1.43 bits per heavy atom. The van der Waals surface area contributed by atoms with Crippen molar-refractivity contribution in [2.75, 3.05) is 19.9 Å². The highest BCUT2D eigenvalue weighted by Gasteiger charge is 2.21. The van der Waals surface area contributed by atoms with Crippen LogP contribution in [0.5, 0.6) is 0 Å². The Labute approximate surface area is 126 Å². The lowest BCUT2D eigenvalue weighted by Gasteiger charge is -2.15. The van der Waals surface area contributed by atoms with Crippen molar-refractivity contribution in [2.24, 2.45) is 0 Å². The SMILES string of the molecule is C[C@@H](Sc1nnc(-c2cccc(F)c2)n1N)C(=O)N(C)C. The Morgan fingerprint density at radius 2 is 2.14 bits per heavy atom. The van der Waals surface area contributed by atoms with E-state index in [0.717, 1.165) is 0 Å². The molecule has 1 atom stereocenters. The zero-order valence-corrected chi connectivity index (χ0v) is 12.8. The van der Waals surface area contributed by atoms with Crippen molar-refractivity contribution in [3.63, 3.8) is 0 Å². The van der Waals surface area contributed by atoms with Crippen LogP contribution in [0.1, 0.15) is 6.92 Å². The fourth-order valence-electron chi connectivity index (χ4n) is 1.75. The molecule has 2 N–H and O–H groups in total. The number of hydrogen-bond acceptors (Lipinski definition) is 5. The molecule has 1 aromatic carbocycles. The third kappa shape index (κ3) is 3.33. The van der Waals surface area contributed by atoms with E-state index in [-0.39, 0.29) is 17.0 Å². The van der Waals surface area contributed by atoms with Gasteiger partial charge in [-0.2, -0.15) is 0 Å². The number of halogens is 1. The van der Waals surface area contributed by atoms with Crippen molar-refractivity contribution in [3.8, 4) is 11.4 Å². The molecule has 0 saturated heterocycles. The molecular weight excluding hydrogens is 293 g/mol. The molecule has 1 heterocycles. The fraction of sp³-hybridized carbons (Fsp3) is 0.308. The number of benzene rings is 1. The largest absolute Gasteiger partial charge is 0.348 e. The highest BCUT2D eigenvalue weighted by Crippen LogP contribution is 2.25. The summed E-state index contributed by atoms with van der Waals surface area (Å²) in [6.45, 7) is 1.77. The van der Waals surface area contributed by atoms with E-state index in [4.69, 9.17) is 5.84 Å².